The van der Waals surface area contributed by atoms with Crippen molar-refractivity contribution in [3.8, 4) is 0 Å². The molecule has 0 bridgehead atoms. The standard InChI is InChI=1S/C23H35FN4O3.HI/c1-2-25-23(28-10-14-31-22(17-28)21-7-4-11-30-21)26-16-20(27-8-12-29-13-9-27)18-5-3-6-19(24)15-18;/h3,5-6,15,20-22H,2,4,7-14,16-17H2,1H3,(H,25,26);1H. The predicted octanol–water partition coefficient (Wildman–Crippen LogP) is 2.66. The van der Waals surface area contributed by atoms with E-state index < -0.39 is 0 Å². The molecule has 3 unspecified atom stereocenters. The van der Waals surface area contributed by atoms with Gasteiger partial charge in [0.05, 0.1) is 38.5 Å². The summed E-state index contributed by atoms with van der Waals surface area (Å²) in [5, 5.41) is 3.45. The molecule has 3 heterocycles. The van der Waals surface area contributed by atoms with Crippen LogP contribution in [0.15, 0.2) is 29.3 Å². The van der Waals surface area contributed by atoms with Crippen molar-refractivity contribution in [3.63, 3.8) is 0 Å². The van der Waals surface area contributed by atoms with Gasteiger partial charge in [0.1, 0.15) is 11.9 Å². The molecule has 0 aliphatic carbocycles. The van der Waals surface area contributed by atoms with Crippen LogP contribution in [0.3, 0.4) is 0 Å². The van der Waals surface area contributed by atoms with Crippen LogP contribution in [0.1, 0.15) is 31.4 Å². The number of guanidine groups is 1. The van der Waals surface area contributed by atoms with Crippen LogP contribution in [0.25, 0.3) is 0 Å². The summed E-state index contributed by atoms with van der Waals surface area (Å²) in [6, 6.07) is 6.91. The second kappa shape index (κ2) is 13.0. The summed E-state index contributed by atoms with van der Waals surface area (Å²) >= 11 is 0. The molecule has 4 rings (SSSR count). The number of morpholine rings is 2. The number of nitrogens with zero attached hydrogens (tertiary/aromatic N) is 3. The Morgan fingerprint density at radius 1 is 1.16 bits per heavy atom. The van der Waals surface area contributed by atoms with E-state index in [0.29, 0.717) is 26.4 Å². The van der Waals surface area contributed by atoms with Gasteiger partial charge in [-0.05, 0) is 37.5 Å². The summed E-state index contributed by atoms with van der Waals surface area (Å²) in [7, 11) is 0. The van der Waals surface area contributed by atoms with E-state index in [1.165, 1.54) is 6.07 Å². The lowest BCUT2D eigenvalue weighted by molar-refractivity contribution is -0.0817. The lowest BCUT2D eigenvalue weighted by atomic mass is 10.0. The smallest absolute Gasteiger partial charge is 0.194 e. The molecule has 1 aromatic carbocycles. The maximum Gasteiger partial charge on any atom is 0.194 e. The number of aliphatic imine (C=N–C) groups is 1. The van der Waals surface area contributed by atoms with E-state index in [1.54, 1.807) is 12.1 Å². The van der Waals surface area contributed by atoms with Gasteiger partial charge in [-0.3, -0.25) is 9.89 Å². The highest BCUT2D eigenvalue weighted by atomic mass is 127. The Hall–Kier alpha value is -1.01. The second-order valence-electron chi connectivity index (χ2n) is 8.32. The first-order valence-electron chi connectivity index (χ1n) is 11.6. The molecule has 1 N–H and O–H groups in total. The Kier molecular flexibility index (Phi) is 10.4. The third-order valence-electron chi connectivity index (χ3n) is 6.24. The molecule has 0 spiro atoms. The van der Waals surface area contributed by atoms with Crippen LogP contribution in [0, 0.1) is 5.82 Å². The van der Waals surface area contributed by atoms with Crippen molar-refractivity contribution in [3.05, 3.63) is 35.6 Å². The number of halogens is 2. The van der Waals surface area contributed by atoms with Gasteiger partial charge >= 0.3 is 0 Å². The monoisotopic (exact) mass is 562 g/mol. The van der Waals surface area contributed by atoms with Gasteiger partial charge in [-0.15, -0.1) is 24.0 Å². The lowest BCUT2D eigenvalue weighted by Crippen LogP contribution is -2.53. The fourth-order valence-corrected chi connectivity index (χ4v) is 4.62. The molecule has 0 amide bonds. The van der Waals surface area contributed by atoms with Crippen LogP contribution < -0.4 is 5.32 Å². The Morgan fingerprint density at radius 3 is 2.69 bits per heavy atom. The number of benzene rings is 1. The van der Waals surface area contributed by atoms with Crippen molar-refractivity contribution in [1.82, 2.24) is 15.1 Å². The van der Waals surface area contributed by atoms with Crippen molar-refractivity contribution in [2.45, 2.75) is 38.0 Å². The molecule has 3 fully saturated rings. The first-order valence-corrected chi connectivity index (χ1v) is 11.6. The van der Waals surface area contributed by atoms with Crippen molar-refractivity contribution in [1.29, 1.82) is 0 Å². The topological polar surface area (TPSA) is 58.6 Å². The Labute approximate surface area is 207 Å². The molecular formula is C23H36FIN4O3. The normalized spacial score (nSPS) is 25.9. The molecule has 0 saturated carbocycles. The number of rotatable bonds is 6. The maximum absolute atomic E-state index is 14.0. The summed E-state index contributed by atoms with van der Waals surface area (Å²) in [5.74, 6) is 0.683. The quantitative estimate of drug-likeness (QED) is 0.327. The number of hydrogen-bond acceptors (Lipinski definition) is 5. The molecule has 0 radical (unpaired) electrons. The highest BCUT2D eigenvalue weighted by Crippen LogP contribution is 2.24. The zero-order chi connectivity index (χ0) is 21.5. The van der Waals surface area contributed by atoms with Gasteiger partial charge in [-0.2, -0.15) is 0 Å². The number of nitrogens with one attached hydrogen (secondary N) is 1. The summed E-state index contributed by atoms with van der Waals surface area (Å²) in [6.07, 6.45) is 2.43. The largest absolute Gasteiger partial charge is 0.379 e. The van der Waals surface area contributed by atoms with Crippen molar-refractivity contribution in [2.75, 3.05) is 65.7 Å². The molecule has 3 atom stereocenters. The van der Waals surface area contributed by atoms with Crippen LogP contribution >= 0.6 is 24.0 Å². The molecule has 180 valence electrons. The molecular weight excluding hydrogens is 526 g/mol. The van der Waals surface area contributed by atoms with E-state index >= 15 is 0 Å². The van der Waals surface area contributed by atoms with E-state index in [0.717, 1.165) is 63.7 Å². The number of hydrogen-bond donors (Lipinski definition) is 1. The average Bonchev–Trinajstić information content (AvgIpc) is 3.35. The highest BCUT2D eigenvalue weighted by molar-refractivity contribution is 14.0. The van der Waals surface area contributed by atoms with Crippen LogP contribution in [-0.4, -0.2) is 93.7 Å². The van der Waals surface area contributed by atoms with E-state index in [9.17, 15) is 4.39 Å². The molecule has 9 heteroatoms. The molecule has 1 aromatic rings. The van der Waals surface area contributed by atoms with Crippen LogP contribution in [0.2, 0.25) is 0 Å². The predicted molar refractivity (Wildman–Crippen MR) is 133 cm³/mol. The van der Waals surface area contributed by atoms with Crippen molar-refractivity contribution in [2.24, 2.45) is 4.99 Å². The molecule has 3 aliphatic heterocycles. The van der Waals surface area contributed by atoms with Gasteiger partial charge in [0, 0.05) is 39.3 Å². The van der Waals surface area contributed by atoms with Crippen LogP contribution in [0.5, 0.6) is 0 Å². The van der Waals surface area contributed by atoms with E-state index in [-0.39, 0.29) is 48.0 Å². The molecule has 7 nitrogen and oxygen atoms in total. The van der Waals surface area contributed by atoms with Crippen molar-refractivity contribution < 1.29 is 18.6 Å². The Balaban J connectivity index is 0.00000289. The molecule has 32 heavy (non-hydrogen) atoms. The fourth-order valence-electron chi connectivity index (χ4n) is 4.62. The minimum absolute atomic E-state index is 0. The van der Waals surface area contributed by atoms with Crippen molar-refractivity contribution >= 4 is 29.9 Å². The van der Waals surface area contributed by atoms with E-state index in [4.69, 9.17) is 19.2 Å². The summed E-state index contributed by atoms with van der Waals surface area (Å²) in [6.45, 7) is 9.56. The highest BCUT2D eigenvalue weighted by Gasteiger charge is 2.32. The second-order valence-corrected chi connectivity index (χ2v) is 8.32. The van der Waals surface area contributed by atoms with Gasteiger partial charge < -0.3 is 24.4 Å². The first-order chi connectivity index (χ1) is 15.2. The SMILES string of the molecule is CCNC(=NCC(c1cccc(F)c1)N1CCOCC1)N1CCOC(C2CCCO2)C1.I. The first kappa shape index (κ1) is 25.6. The van der Waals surface area contributed by atoms with Crippen LogP contribution in [-0.2, 0) is 14.2 Å². The fraction of sp³-hybridized carbons (Fsp3) is 0.696. The van der Waals surface area contributed by atoms with Gasteiger partial charge in [0.2, 0.25) is 0 Å². The lowest BCUT2D eigenvalue weighted by Gasteiger charge is -2.38. The zero-order valence-electron chi connectivity index (χ0n) is 18.9. The summed E-state index contributed by atoms with van der Waals surface area (Å²) in [4.78, 5) is 9.64. The molecule has 3 aliphatic rings. The summed E-state index contributed by atoms with van der Waals surface area (Å²) < 4.78 is 31.4. The van der Waals surface area contributed by atoms with E-state index in [2.05, 4.69) is 22.0 Å². The van der Waals surface area contributed by atoms with Gasteiger partial charge in [-0.1, -0.05) is 12.1 Å². The minimum Gasteiger partial charge on any atom is -0.379 e. The summed E-state index contributed by atoms with van der Waals surface area (Å²) in [5.41, 5.74) is 0.959. The Bertz CT molecular complexity index is 729. The molecule has 3 saturated heterocycles. The zero-order valence-corrected chi connectivity index (χ0v) is 21.2. The maximum atomic E-state index is 14.0. The Morgan fingerprint density at radius 2 is 1.97 bits per heavy atom. The third kappa shape index (κ3) is 6.75. The van der Waals surface area contributed by atoms with Gasteiger partial charge in [0.15, 0.2) is 5.96 Å². The number of ether oxygens (including phenoxy) is 3. The van der Waals surface area contributed by atoms with E-state index in [1.807, 2.05) is 6.07 Å². The third-order valence-corrected chi connectivity index (χ3v) is 6.24. The average molecular weight is 562 g/mol. The van der Waals surface area contributed by atoms with Crippen LogP contribution in [0.4, 0.5) is 4.39 Å². The minimum atomic E-state index is -0.209. The van der Waals surface area contributed by atoms with Gasteiger partial charge in [-0.25, -0.2) is 4.39 Å². The van der Waals surface area contributed by atoms with Gasteiger partial charge in [0.25, 0.3) is 0 Å². The molecule has 0 aromatic heterocycles.